The number of aromatic nitrogens is 4. The molecule has 1 aliphatic heterocycles. The van der Waals surface area contributed by atoms with Gasteiger partial charge in [-0.25, -0.2) is 9.78 Å². The predicted octanol–water partition coefficient (Wildman–Crippen LogP) is 2.71. The summed E-state index contributed by atoms with van der Waals surface area (Å²) in [7, 11) is 3.81. The Morgan fingerprint density at radius 3 is 2.84 bits per heavy atom. The minimum atomic E-state index is -0.118. The lowest BCUT2D eigenvalue weighted by atomic mass is 10.0. The number of fused-ring (bicyclic) bond motifs is 2. The highest BCUT2D eigenvalue weighted by Crippen LogP contribution is 2.42. The fourth-order valence-corrected chi connectivity index (χ4v) is 5.50. The molecule has 3 aromatic heterocycles. The van der Waals surface area contributed by atoms with Gasteiger partial charge in [-0.05, 0) is 30.7 Å². The largest absolute Gasteiger partial charge is 0.370 e. The number of nitrogens with one attached hydrogen (secondary N) is 3. The van der Waals surface area contributed by atoms with Crippen molar-refractivity contribution < 1.29 is 4.79 Å². The third-order valence-corrected chi connectivity index (χ3v) is 7.09. The highest BCUT2D eigenvalue weighted by molar-refractivity contribution is 7.10. The van der Waals surface area contributed by atoms with E-state index in [0.29, 0.717) is 34.5 Å². The van der Waals surface area contributed by atoms with Crippen LogP contribution in [0, 0.1) is 23.2 Å². The third kappa shape index (κ3) is 3.42. The van der Waals surface area contributed by atoms with Crippen LogP contribution < -0.4 is 15.5 Å². The maximum atomic E-state index is 12.7. The van der Waals surface area contributed by atoms with Crippen LogP contribution in [0.3, 0.4) is 0 Å². The number of nitrogens with zero attached hydrogens (tertiary/aromatic N) is 6. The number of aromatic amines is 1. The van der Waals surface area contributed by atoms with Gasteiger partial charge in [-0.1, -0.05) is 0 Å². The molecule has 1 saturated heterocycles. The zero-order chi connectivity index (χ0) is 21.5. The molecule has 10 nitrogen and oxygen atoms in total. The van der Waals surface area contributed by atoms with E-state index >= 15 is 0 Å². The number of urea groups is 1. The van der Waals surface area contributed by atoms with Crippen molar-refractivity contribution in [3.63, 3.8) is 0 Å². The molecule has 4 heterocycles. The Morgan fingerprint density at radius 1 is 1.39 bits per heavy atom. The number of H-pyrrole nitrogens is 1. The van der Waals surface area contributed by atoms with Crippen LogP contribution in [0.15, 0.2) is 18.5 Å². The van der Waals surface area contributed by atoms with Gasteiger partial charge < -0.3 is 20.1 Å². The second-order valence-corrected chi connectivity index (χ2v) is 8.89. The van der Waals surface area contributed by atoms with E-state index < -0.39 is 0 Å². The van der Waals surface area contributed by atoms with E-state index in [-0.39, 0.29) is 6.03 Å². The zero-order valence-corrected chi connectivity index (χ0v) is 18.1. The lowest BCUT2D eigenvalue weighted by molar-refractivity contribution is 0.218. The number of rotatable bonds is 4. The average molecular weight is 438 g/mol. The summed E-state index contributed by atoms with van der Waals surface area (Å²) in [4.78, 5) is 28.5. The second-order valence-electron chi connectivity index (χ2n) is 8.14. The van der Waals surface area contributed by atoms with Crippen LogP contribution in [-0.4, -0.2) is 63.5 Å². The fraction of sp³-hybridized carbons (Fsp3) is 0.450. The zero-order valence-electron chi connectivity index (χ0n) is 17.3. The molecule has 0 bridgehead atoms. The van der Waals surface area contributed by atoms with Crippen LogP contribution in [0.5, 0.6) is 0 Å². The normalized spacial score (nSPS) is 22.4. The van der Waals surface area contributed by atoms with Crippen LogP contribution in [0.4, 0.5) is 21.6 Å². The van der Waals surface area contributed by atoms with E-state index in [1.807, 2.05) is 17.2 Å². The van der Waals surface area contributed by atoms with Crippen molar-refractivity contribution in [1.82, 2.24) is 24.2 Å². The molecule has 160 valence electrons. The van der Waals surface area contributed by atoms with Gasteiger partial charge in [0.15, 0.2) is 0 Å². The summed E-state index contributed by atoms with van der Waals surface area (Å²) < 4.78 is 4.11. The van der Waals surface area contributed by atoms with E-state index in [4.69, 9.17) is 0 Å². The van der Waals surface area contributed by atoms with Crippen LogP contribution in [0.2, 0.25) is 0 Å². The summed E-state index contributed by atoms with van der Waals surface area (Å²) in [5.74, 6) is 1.41. The average Bonchev–Trinajstić information content (AvgIpc) is 3.54. The molecule has 5 rings (SSSR count). The van der Waals surface area contributed by atoms with Crippen molar-refractivity contribution in [3.05, 3.63) is 24.0 Å². The molecule has 3 atom stereocenters. The first-order valence-electron chi connectivity index (χ1n) is 10.2. The quantitative estimate of drug-likeness (QED) is 0.573. The lowest BCUT2D eigenvalue weighted by Gasteiger charge is -2.29. The molecule has 2 amide bonds. The number of likely N-dealkylation sites (tertiary alicyclic amines) is 1. The van der Waals surface area contributed by atoms with Crippen LogP contribution in [0.1, 0.15) is 18.4 Å². The third-order valence-electron chi connectivity index (χ3n) is 6.46. The summed E-state index contributed by atoms with van der Waals surface area (Å²) in [5, 5.41) is 16.8. The van der Waals surface area contributed by atoms with Crippen molar-refractivity contribution in [2.75, 3.05) is 42.7 Å². The topological polar surface area (TPSA) is 126 Å². The highest BCUT2D eigenvalue weighted by atomic mass is 32.1. The molecule has 0 spiro atoms. The van der Waals surface area contributed by atoms with Crippen molar-refractivity contribution in [2.24, 2.45) is 11.8 Å². The maximum absolute atomic E-state index is 12.7. The van der Waals surface area contributed by atoms with Gasteiger partial charge in [0.05, 0.1) is 11.3 Å². The second kappa shape index (κ2) is 7.70. The van der Waals surface area contributed by atoms with Gasteiger partial charge in [-0.15, -0.1) is 0 Å². The molecular weight excluding hydrogens is 414 g/mol. The first-order chi connectivity index (χ1) is 15.1. The van der Waals surface area contributed by atoms with Gasteiger partial charge in [-0.3, -0.25) is 5.32 Å². The first kappa shape index (κ1) is 19.6. The Kier molecular flexibility index (Phi) is 4.86. The lowest BCUT2D eigenvalue weighted by Crippen LogP contribution is -2.36. The number of nitriles is 1. The van der Waals surface area contributed by atoms with Gasteiger partial charge in [0.25, 0.3) is 0 Å². The molecule has 0 radical (unpaired) electrons. The van der Waals surface area contributed by atoms with Gasteiger partial charge in [0.1, 0.15) is 11.7 Å². The van der Waals surface area contributed by atoms with E-state index in [1.54, 1.807) is 13.2 Å². The van der Waals surface area contributed by atoms with Gasteiger partial charge in [-0.2, -0.15) is 14.6 Å². The Balaban J connectivity index is 1.26. The number of carbonyl (C=O) groups is 1. The van der Waals surface area contributed by atoms with E-state index in [1.165, 1.54) is 11.5 Å². The summed E-state index contributed by atoms with van der Waals surface area (Å²) in [6, 6.07) is 4.48. The van der Waals surface area contributed by atoms with Crippen molar-refractivity contribution >= 4 is 45.4 Å². The van der Waals surface area contributed by atoms with Crippen molar-refractivity contribution in [2.45, 2.75) is 18.9 Å². The maximum Gasteiger partial charge on any atom is 0.323 e. The Hall–Kier alpha value is -3.39. The SMILES string of the molecule is CNc1nsc(NC(=O)N2CC3CC(N(C)c4c(C#N)cnc5[nH]ccc45)C[C@@H]3C2)n1. The summed E-state index contributed by atoms with van der Waals surface area (Å²) >= 11 is 1.17. The number of anilines is 3. The predicted molar refractivity (Wildman–Crippen MR) is 119 cm³/mol. The Morgan fingerprint density at radius 2 is 2.16 bits per heavy atom. The molecule has 31 heavy (non-hydrogen) atoms. The minimum Gasteiger partial charge on any atom is -0.370 e. The van der Waals surface area contributed by atoms with E-state index in [2.05, 4.69) is 48.0 Å². The molecule has 3 aromatic rings. The number of hydrogen-bond donors (Lipinski definition) is 3. The monoisotopic (exact) mass is 437 g/mol. The molecule has 2 fully saturated rings. The van der Waals surface area contributed by atoms with Gasteiger partial charge in [0.2, 0.25) is 11.1 Å². The van der Waals surface area contributed by atoms with Gasteiger partial charge >= 0.3 is 6.03 Å². The number of amides is 2. The molecule has 3 N–H and O–H groups in total. The van der Waals surface area contributed by atoms with Crippen LogP contribution >= 0.6 is 11.5 Å². The summed E-state index contributed by atoms with van der Waals surface area (Å²) in [6.45, 7) is 1.47. The van der Waals surface area contributed by atoms with Crippen molar-refractivity contribution in [3.8, 4) is 6.07 Å². The van der Waals surface area contributed by atoms with E-state index in [0.717, 1.165) is 42.7 Å². The standard InChI is InChI=1S/C20H23N9OS/c1-22-18-25-19(31-27-18)26-20(30)29-9-11-5-14(6-12(11)10-29)28(2)16-13(7-21)8-24-17-15(16)3-4-23-17/h3-4,8,11-12,14H,5-6,9-10H2,1-2H3,(H,23,24)(H2,22,25,26,27,30)/t11-,12?,14?/m1/s1. The smallest absolute Gasteiger partial charge is 0.323 e. The summed E-state index contributed by atoms with van der Waals surface area (Å²) in [5.41, 5.74) is 2.32. The molecule has 1 aliphatic carbocycles. The number of pyridine rings is 1. The fourth-order valence-electron chi connectivity index (χ4n) is 4.93. The van der Waals surface area contributed by atoms with E-state index in [9.17, 15) is 10.1 Å². The molecule has 0 aromatic carbocycles. The minimum absolute atomic E-state index is 0.118. The van der Waals surface area contributed by atoms with Crippen LogP contribution in [-0.2, 0) is 0 Å². The molecular formula is C20H23N9OS. The Labute approximate surface area is 183 Å². The van der Waals surface area contributed by atoms with Crippen LogP contribution in [0.25, 0.3) is 11.0 Å². The molecule has 2 aliphatic rings. The summed E-state index contributed by atoms with van der Waals surface area (Å²) in [6.07, 6.45) is 5.48. The molecule has 2 unspecified atom stereocenters. The Bertz CT molecular complexity index is 1150. The first-order valence-corrected chi connectivity index (χ1v) is 11.0. The van der Waals surface area contributed by atoms with Gasteiger partial charge in [0, 0.05) is 62.5 Å². The molecule has 11 heteroatoms. The van der Waals surface area contributed by atoms with Crippen molar-refractivity contribution in [1.29, 1.82) is 5.26 Å². The molecule has 1 saturated carbocycles. The number of carbonyl (C=O) groups excluding carboxylic acids is 1. The highest BCUT2D eigenvalue weighted by Gasteiger charge is 2.44. The number of hydrogen-bond acceptors (Lipinski definition) is 8.